The Bertz CT molecular complexity index is 2490. The molecule has 5 unspecified atom stereocenters. The number of nitrogens with zero attached hydrogens (tertiary/aromatic N) is 3. The molecule has 0 bridgehead atoms. The number of amides is 5. The van der Waals surface area contributed by atoms with Gasteiger partial charge >= 0.3 is 6.09 Å². The van der Waals surface area contributed by atoms with Crippen molar-refractivity contribution in [2.75, 3.05) is 27.2 Å². The third-order valence-corrected chi connectivity index (χ3v) is 11.9. The van der Waals surface area contributed by atoms with Crippen LogP contribution in [0.4, 0.5) is 4.79 Å². The molecule has 1 aliphatic carbocycles. The Morgan fingerprint density at radius 1 is 1.00 bits per heavy atom. The Balaban J connectivity index is 1.36. The average molecular weight is 867 g/mol. The van der Waals surface area contributed by atoms with Crippen LogP contribution in [0.1, 0.15) is 33.6 Å². The molecule has 326 valence electrons. The van der Waals surface area contributed by atoms with Crippen LogP contribution in [0.2, 0.25) is 0 Å². The number of fused-ring (bicyclic) bond motifs is 1. The smallest absolute Gasteiger partial charge is 0.408 e. The van der Waals surface area contributed by atoms with Crippen LogP contribution in [0.3, 0.4) is 0 Å². The van der Waals surface area contributed by atoms with Crippen LogP contribution in [-0.2, 0) is 33.9 Å². The van der Waals surface area contributed by atoms with Crippen molar-refractivity contribution in [3.8, 4) is 22.8 Å². The number of carbonyl (C=O) groups excluding carboxylic acids is 5. The predicted molar refractivity (Wildman–Crippen MR) is 230 cm³/mol. The highest BCUT2D eigenvalue weighted by atomic mass is 32.2. The van der Waals surface area contributed by atoms with Gasteiger partial charge in [-0.15, -0.1) is 6.58 Å². The zero-order valence-corrected chi connectivity index (χ0v) is 35.9. The number of hydrogen-bond donors (Lipinski definition) is 3. The molecule has 17 heteroatoms. The van der Waals surface area contributed by atoms with Gasteiger partial charge in [0.15, 0.2) is 0 Å². The van der Waals surface area contributed by atoms with Gasteiger partial charge in [0, 0.05) is 42.5 Å². The molecular formula is C45H50N6O10S. The fraction of sp³-hybridized carbons (Fsp3) is 0.333. The van der Waals surface area contributed by atoms with Gasteiger partial charge in [-0.25, -0.2) is 22.9 Å². The summed E-state index contributed by atoms with van der Waals surface area (Å²) in [6.45, 7) is 11.7. The van der Waals surface area contributed by atoms with Crippen LogP contribution in [0.15, 0.2) is 115 Å². The first-order valence-corrected chi connectivity index (χ1v) is 21.3. The highest BCUT2D eigenvalue weighted by molar-refractivity contribution is 7.90. The number of rotatable bonds is 15. The molecule has 1 aliphatic heterocycles. The maximum absolute atomic E-state index is 14.8. The van der Waals surface area contributed by atoms with Crippen LogP contribution in [0, 0.1) is 5.92 Å². The van der Waals surface area contributed by atoms with Crippen molar-refractivity contribution in [2.24, 2.45) is 5.92 Å². The molecule has 16 nitrogen and oxygen atoms in total. The third kappa shape index (κ3) is 10.1. The molecular weight excluding hydrogens is 817 g/mol. The first-order valence-electron chi connectivity index (χ1n) is 19.8. The maximum atomic E-state index is 14.8. The molecule has 1 saturated carbocycles. The maximum Gasteiger partial charge on any atom is 0.408 e. The van der Waals surface area contributed by atoms with Gasteiger partial charge in [0.25, 0.3) is 15.9 Å². The molecule has 2 aliphatic rings. The number of benzene rings is 3. The van der Waals surface area contributed by atoms with E-state index in [1.165, 1.54) is 47.2 Å². The van der Waals surface area contributed by atoms with Crippen molar-refractivity contribution in [1.82, 2.24) is 30.1 Å². The number of nitrogens with one attached hydrogen (secondary N) is 3. The van der Waals surface area contributed by atoms with Crippen molar-refractivity contribution in [2.45, 2.75) is 67.8 Å². The normalized spacial score (nSPS) is 20.0. The Morgan fingerprint density at radius 3 is 2.29 bits per heavy atom. The van der Waals surface area contributed by atoms with Crippen LogP contribution in [-0.4, -0.2) is 109 Å². The summed E-state index contributed by atoms with van der Waals surface area (Å²) in [5, 5.41) is 5.94. The van der Waals surface area contributed by atoms with Gasteiger partial charge in [-0.3, -0.25) is 19.2 Å². The van der Waals surface area contributed by atoms with Crippen molar-refractivity contribution >= 4 is 50.6 Å². The summed E-state index contributed by atoms with van der Waals surface area (Å²) in [4.78, 5) is 76.1. The second kappa shape index (κ2) is 18.1. The van der Waals surface area contributed by atoms with Crippen molar-refractivity contribution in [3.63, 3.8) is 0 Å². The zero-order valence-electron chi connectivity index (χ0n) is 35.1. The van der Waals surface area contributed by atoms with Crippen LogP contribution >= 0.6 is 0 Å². The largest absolute Gasteiger partial charge is 0.497 e. The number of likely N-dealkylation sites (tertiary alicyclic amines) is 1. The van der Waals surface area contributed by atoms with Gasteiger partial charge < -0.3 is 34.6 Å². The summed E-state index contributed by atoms with van der Waals surface area (Å²) in [6.07, 6.45) is 0.635. The molecule has 0 spiro atoms. The van der Waals surface area contributed by atoms with E-state index in [0.717, 1.165) is 11.6 Å². The number of carbonyl (C=O) groups is 5. The van der Waals surface area contributed by atoms with E-state index in [1.54, 1.807) is 58.2 Å². The summed E-state index contributed by atoms with van der Waals surface area (Å²) >= 11 is 0. The van der Waals surface area contributed by atoms with Crippen molar-refractivity contribution < 1.29 is 46.6 Å². The van der Waals surface area contributed by atoms with Gasteiger partial charge in [-0.05, 0) is 57.5 Å². The number of alkyl carbamates (subject to hydrolysis) is 1. The Kier molecular flexibility index (Phi) is 13.1. The quantitative estimate of drug-likeness (QED) is 0.113. The fourth-order valence-electron chi connectivity index (χ4n) is 7.28. The topological polar surface area (TPSA) is 203 Å². The van der Waals surface area contributed by atoms with E-state index in [9.17, 15) is 32.4 Å². The van der Waals surface area contributed by atoms with Gasteiger partial charge in [-0.2, -0.15) is 0 Å². The molecule has 3 N–H and O–H groups in total. The third-order valence-electron chi connectivity index (χ3n) is 10.5. The molecule has 1 saturated heterocycles. The second-order valence-electron chi connectivity index (χ2n) is 16.1. The molecule has 6 rings (SSSR count). The first-order chi connectivity index (χ1) is 29.4. The Morgan fingerprint density at radius 2 is 1.68 bits per heavy atom. The lowest BCUT2D eigenvalue weighted by Crippen LogP contribution is -2.59. The molecule has 1 aromatic heterocycles. The predicted octanol–water partition coefficient (Wildman–Crippen LogP) is 4.36. The number of pyridine rings is 1. The lowest BCUT2D eigenvalue weighted by atomic mass is 10.1. The van der Waals surface area contributed by atoms with E-state index in [-0.39, 0.29) is 30.8 Å². The molecule has 3 aromatic carbocycles. The number of ether oxygens (including phenoxy) is 3. The van der Waals surface area contributed by atoms with Gasteiger partial charge in [0.2, 0.25) is 17.7 Å². The number of likely N-dealkylation sites (N-methyl/N-ethyl adjacent to an activating group) is 1. The van der Waals surface area contributed by atoms with Crippen molar-refractivity contribution in [1.29, 1.82) is 0 Å². The lowest BCUT2D eigenvalue weighted by Gasteiger charge is -2.31. The van der Waals surface area contributed by atoms with Crippen LogP contribution < -0.4 is 24.8 Å². The summed E-state index contributed by atoms with van der Waals surface area (Å²) in [6, 6.07) is 21.0. The monoisotopic (exact) mass is 866 g/mol. The molecule has 0 radical (unpaired) electrons. The molecule has 4 aromatic rings. The summed E-state index contributed by atoms with van der Waals surface area (Å²) in [5.41, 5.74) is -0.721. The van der Waals surface area contributed by atoms with Crippen LogP contribution in [0.5, 0.6) is 11.5 Å². The van der Waals surface area contributed by atoms with E-state index < -0.39 is 75.0 Å². The number of sulfonamides is 1. The van der Waals surface area contributed by atoms with E-state index in [0.29, 0.717) is 28.1 Å². The highest BCUT2D eigenvalue weighted by Crippen LogP contribution is 2.45. The van der Waals surface area contributed by atoms with Gasteiger partial charge in [0.1, 0.15) is 40.8 Å². The number of methoxy groups -OCH3 is 1. The highest BCUT2D eigenvalue weighted by Gasteiger charge is 2.61. The first kappa shape index (κ1) is 44.8. The number of aromatic nitrogens is 1. The minimum atomic E-state index is -4.33. The Labute approximate surface area is 360 Å². The molecule has 5 amide bonds. The van der Waals surface area contributed by atoms with Crippen molar-refractivity contribution in [3.05, 3.63) is 110 Å². The minimum absolute atomic E-state index is 0.0327. The van der Waals surface area contributed by atoms with Gasteiger partial charge in [-0.1, -0.05) is 61.2 Å². The average Bonchev–Trinajstić information content (AvgIpc) is 3.81. The second-order valence-corrected chi connectivity index (χ2v) is 17.8. The molecule has 62 heavy (non-hydrogen) atoms. The minimum Gasteiger partial charge on any atom is -0.497 e. The van der Waals surface area contributed by atoms with Gasteiger partial charge in [0.05, 0.1) is 36.3 Å². The van der Waals surface area contributed by atoms with E-state index >= 15 is 0 Å². The van der Waals surface area contributed by atoms with E-state index in [1.807, 2.05) is 30.3 Å². The van der Waals surface area contributed by atoms with E-state index in [2.05, 4.69) is 28.5 Å². The van der Waals surface area contributed by atoms with Crippen LogP contribution in [0.25, 0.3) is 22.2 Å². The molecule has 2 heterocycles. The standard InChI is InChI=1S/C45H50N6O10S/c1-8-29-25-45(29,42(55)49-62(57,58)32-18-14-11-15-19-32)48-40(53)37-23-31(26-51(37)41(54)36(27-50(6)39(52)9-2)47-43(56)61-44(3,4)5)60-38-24-34(28-16-12-10-13-17-28)46-35-22-30(59-7)20-21-33(35)38/h8-22,24,29,31,36-37H,1-2,23,25-27H2,3-7H3,(H,47,56)(H,48,53)(H,49,55). The van der Waals surface area contributed by atoms with E-state index in [4.69, 9.17) is 19.2 Å². The zero-order chi connectivity index (χ0) is 45.0. The summed E-state index contributed by atoms with van der Waals surface area (Å²) < 4.78 is 46.2. The lowest BCUT2D eigenvalue weighted by molar-refractivity contribution is -0.141. The Hall–Kier alpha value is -6.75. The SMILES string of the molecule is C=CC(=O)N(C)CC(NC(=O)OC(C)(C)C)C(=O)N1CC(Oc2cc(-c3ccccc3)nc3cc(OC)ccc23)CC1C(=O)NC1(C(=O)NS(=O)(=O)c2ccccc2)CC1C=C. The summed E-state index contributed by atoms with van der Waals surface area (Å²) in [7, 11) is -1.37. The number of hydrogen-bond acceptors (Lipinski definition) is 11. The molecule has 5 atom stereocenters. The molecule has 2 fully saturated rings. The fourth-order valence-corrected chi connectivity index (χ4v) is 8.34. The summed E-state index contributed by atoms with van der Waals surface area (Å²) in [5.74, 6) is -2.76.